The highest BCUT2D eigenvalue weighted by Crippen LogP contribution is 2.13. The molecule has 0 atom stereocenters. The lowest BCUT2D eigenvalue weighted by atomic mass is 10.2. The SMILES string of the molecule is CCc1cnc(-c2cnn(CC(=O)Nc3ccnn3CC)c2)nc1. The summed E-state index contributed by atoms with van der Waals surface area (Å²) in [4.78, 5) is 20.8. The predicted molar refractivity (Wildman–Crippen MR) is 89.2 cm³/mol. The molecule has 0 saturated carbocycles. The minimum absolute atomic E-state index is 0.113. The second kappa shape index (κ2) is 7.03. The van der Waals surface area contributed by atoms with E-state index in [4.69, 9.17) is 0 Å². The molecule has 0 aromatic carbocycles. The van der Waals surface area contributed by atoms with Crippen molar-refractivity contribution in [3.05, 3.63) is 42.6 Å². The number of nitrogens with one attached hydrogen (secondary N) is 1. The van der Waals surface area contributed by atoms with E-state index in [0.29, 0.717) is 18.2 Å². The summed E-state index contributed by atoms with van der Waals surface area (Å²) in [6, 6.07) is 1.76. The van der Waals surface area contributed by atoms with Crippen LogP contribution in [0.25, 0.3) is 11.4 Å². The number of aromatic nitrogens is 6. The molecular formula is C16H19N7O. The Morgan fingerprint density at radius 3 is 2.67 bits per heavy atom. The van der Waals surface area contributed by atoms with Crippen LogP contribution in [0.3, 0.4) is 0 Å². The maximum atomic E-state index is 12.1. The summed E-state index contributed by atoms with van der Waals surface area (Å²) < 4.78 is 3.28. The maximum Gasteiger partial charge on any atom is 0.247 e. The monoisotopic (exact) mass is 325 g/mol. The van der Waals surface area contributed by atoms with Crippen LogP contribution in [0.15, 0.2) is 37.1 Å². The van der Waals surface area contributed by atoms with E-state index in [1.165, 1.54) is 0 Å². The Balaban J connectivity index is 1.66. The van der Waals surface area contributed by atoms with Crippen LogP contribution in [0.2, 0.25) is 0 Å². The van der Waals surface area contributed by atoms with Gasteiger partial charge in [-0.25, -0.2) is 14.6 Å². The molecule has 3 heterocycles. The van der Waals surface area contributed by atoms with Gasteiger partial charge < -0.3 is 5.32 Å². The first-order valence-electron chi connectivity index (χ1n) is 7.85. The van der Waals surface area contributed by atoms with E-state index in [1.54, 1.807) is 46.4 Å². The molecule has 1 amide bonds. The van der Waals surface area contributed by atoms with Crippen LogP contribution < -0.4 is 5.32 Å². The fourth-order valence-electron chi connectivity index (χ4n) is 2.27. The summed E-state index contributed by atoms with van der Waals surface area (Å²) >= 11 is 0. The zero-order valence-electron chi connectivity index (χ0n) is 13.7. The molecule has 0 radical (unpaired) electrons. The highest BCUT2D eigenvalue weighted by molar-refractivity contribution is 5.89. The lowest BCUT2D eigenvalue weighted by Gasteiger charge is -2.06. The third-order valence-corrected chi connectivity index (χ3v) is 3.59. The number of hydrogen-bond acceptors (Lipinski definition) is 5. The van der Waals surface area contributed by atoms with Crippen LogP contribution in [-0.2, 0) is 24.3 Å². The average molecular weight is 325 g/mol. The van der Waals surface area contributed by atoms with Crippen LogP contribution in [0.1, 0.15) is 19.4 Å². The minimum Gasteiger partial charge on any atom is -0.309 e. The molecule has 0 aliphatic heterocycles. The quantitative estimate of drug-likeness (QED) is 0.746. The van der Waals surface area contributed by atoms with Gasteiger partial charge in [-0.2, -0.15) is 10.2 Å². The number of nitrogens with zero attached hydrogens (tertiary/aromatic N) is 6. The summed E-state index contributed by atoms with van der Waals surface area (Å²) in [6.45, 7) is 4.83. The van der Waals surface area contributed by atoms with Crippen molar-refractivity contribution in [2.75, 3.05) is 5.32 Å². The zero-order chi connectivity index (χ0) is 16.9. The fraction of sp³-hybridized carbons (Fsp3) is 0.312. The molecular weight excluding hydrogens is 306 g/mol. The van der Waals surface area contributed by atoms with Gasteiger partial charge in [0.1, 0.15) is 12.4 Å². The predicted octanol–water partition coefficient (Wildman–Crippen LogP) is 1.76. The first kappa shape index (κ1) is 15.9. The van der Waals surface area contributed by atoms with Crippen molar-refractivity contribution in [3.8, 4) is 11.4 Å². The van der Waals surface area contributed by atoms with E-state index in [9.17, 15) is 4.79 Å². The van der Waals surface area contributed by atoms with Crippen LogP contribution in [-0.4, -0.2) is 35.4 Å². The average Bonchev–Trinajstić information content (AvgIpc) is 3.24. The molecule has 8 nitrogen and oxygen atoms in total. The van der Waals surface area contributed by atoms with E-state index < -0.39 is 0 Å². The van der Waals surface area contributed by atoms with E-state index >= 15 is 0 Å². The zero-order valence-corrected chi connectivity index (χ0v) is 13.7. The Morgan fingerprint density at radius 1 is 1.17 bits per heavy atom. The molecule has 8 heteroatoms. The number of rotatable bonds is 6. The van der Waals surface area contributed by atoms with Gasteiger partial charge in [-0.05, 0) is 18.9 Å². The fourth-order valence-corrected chi connectivity index (χ4v) is 2.27. The minimum atomic E-state index is -0.165. The van der Waals surface area contributed by atoms with Crippen molar-refractivity contribution in [2.45, 2.75) is 33.4 Å². The van der Waals surface area contributed by atoms with E-state index in [2.05, 4.69) is 32.4 Å². The number of anilines is 1. The molecule has 3 aromatic rings. The van der Waals surface area contributed by atoms with Crippen molar-refractivity contribution in [1.29, 1.82) is 0 Å². The first-order valence-corrected chi connectivity index (χ1v) is 7.85. The molecule has 3 rings (SSSR count). The van der Waals surface area contributed by atoms with Gasteiger partial charge in [-0.1, -0.05) is 6.92 Å². The Hall–Kier alpha value is -3.03. The summed E-state index contributed by atoms with van der Waals surface area (Å²) in [5.41, 5.74) is 1.86. The molecule has 0 bridgehead atoms. The molecule has 124 valence electrons. The van der Waals surface area contributed by atoms with E-state index in [0.717, 1.165) is 17.5 Å². The van der Waals surface area contributed by atoms with Crippen molar-refractivity contribution in [2.24, 2.45) is 0 Å². The summed E-state index contributed by atoms with van der Waals surface area (Å²) in [5, 5.41) is 11.1. The normalized spacial score (nSPS) is 10.8. The number of aryl methyl sites for hydroxylation is 2. The molecule has 3 aromatic heterocycles. The van der Waals surface area contributed by atoms with Crippen molar-refractivity contribution >= 4 is 11.7 Å². The molecule has 1 N–H and O–H groups in total. The molecule has 0 fully saturated rings. The Bertz CT molecular complexity index is 819. The highest BCUT2D eigenvalue weighted by atomic mass is 16.2. The summed E-state index contributed by atoms with van der Waals surface area (Å²) in [6.07, 6.45) is 9.58. The van der Waals surface area contributed by atoms with Crippen LogP contribution in [0.5, 0.6) is 0 Å². The highest BCUT2D eigenvalue weighted by Gasteiger charge is 2.10. The lowest BCUT2D eigenvalue weighted by Crippen LogP contribution is -2.21. The van der Waals surface area contributed by atoms with Crippen molar-refractivity contribution in [1.82, 2.24) is 29.5 Å². The number of carbonyl (C=O) groups is 1. The number of carbonyl (C=O) groups excluding carboxylic acids is 1. The smallest absolute Gasteiger partial charge is 0.247 e. The third-order valence-electron chi connectivity index (χ3n) is 3.59. The van der Waals surface area contributed by atoms with Gasteiger partial charge in [0.05, 0.1) is 18.0 Å². The van der Waals surface area contributed by atoms with Gasteiger partial charge >= 0.3 is 0 Å². The van der Waals surface area contributed by atoms with Gasteiger partial charge in [0, 0.05) is 31.2 Å². The first-order chi connectivity index (χ1) is 11.7. The summed E-state index contributed by atoms with van der Waals surface area (Å²) in [5.74, 6) is 1.11. The Morgan fingerprint density at radius 2 is 1.96 bits per heavy atom. The molecule has 0 saturated heterocycles. The van der Waals surface area contributed by atoms with Crippen LogP contribution in [0.4, 0.5) is 5.82 Å². The van der Waals surface area contributed by atoms with Gasteiger partial charge in [-0.15, -0.1) is 0 Å². The standard InChI is InChI=1S/C16H19N7O/c1-3-12-7-17-16(18-8-12)13-9-20-22(10-13)11-15(24)21-14-5-6-19-23(14)4-2/h5-10H,3-4,11H2,1-2H3,(H,21,24). The maximum absolute atomic E-state index is 12.1. The van der Waals surface area contributed by atoms with E-state index in [-0.39, 0.29) is 12.5 Å². The molecule has 24 heavy (non-hydrogen) atoms. The van der Waals surface area contributed by atoms with Gasteiger partial charge in [0.25, 0.3) is 0 Å². The molecule has 0 aliphatic rings. The topological polar surface area (TPSA) is 90.5 Å². The van der Waals surface area contributed by atoms with E-state index in [1.807, 2.05) is 6.92 Å². The number of hydrogen-bond donors (Lipinski definition) is 1. The second-order valence-electron chi connectivity index (χ2n) is 5.28. The molecule has 0 aliphatic carbocycles. The summed E-state index contributed by atoms with van der Waals surface area (Å²) in [7, 11) is 0. The molecule has 0 unspecified atom stereocenters. The van der Waals surface area contributed by atoms with Crippen molar-refractivity contribution in [3.63, 3.8) is 0 Å². The lowest BCUT2D eigenvalue weighted by molar-refractivity contribution is -0.116. The largest absolute Gasteiger partial charge is 0.309 e. The second-order valence-corrected chi connectivity index (χ2v) is 5.28. The molecule has 0 spiro atoms. The number of amides is 1. The van der Waals surface area contributed by atoms with Crippen molar-refractivity contribution < 1.29 is 4.79 Å². The Kier molecular flexibility index (Phi) is 4.64. The van der Waals surface area contributed by atoms with Gasteiger partial charge in [-0.3, -0.25) is 9.48 Å². The van der Waals surface area contributed by atoms with Crippen LogP contribution in [0, 0.1) is 0 Å². The third kappa shape index (κ3) is 3.48. The Labute approximate surface area is 139 Å². The van der Waals surface area contributed by atoms with Gasteiger partial charge in [0.15, 0.2) is 5.82 Å². The van der Waals surface area contributed by atoms with Crippen LogP contribution >= 0.6 is 0 Å². The van der Waals surface area contributed by atoms with Gasteiger partial charge in [0.2, 0.25) is 5.91 Å².